The van der Waals surface area contributed by atoms with Crippen molar-refractivity contribution < 1.29 is 8.78 Å². The summed E-state index contributed by atoms with van der Waals surface area (Å²) in [4.78, 5) is 0. The average Bonchev–Trinajstić information content (AvgIpc) is 2.37. The minimum absolute atomic E-state index is 0.0273. The van der Waals surface area contributed by atoms with Gasteiger partial charge in [-0.1, -0.05) is 31.6 Å². The highest BCUT2D eigenvalue weighted by molar-refractivity contribution is 5.28. The summed E-state index contributed by atoms with van der Waals surface area (Å²) in [6.45, 7) is 1.77. The van der Waals surface area contributed by atoms with Gasteiger partial charge >= 0.3 is 0 Å². The van der Waals surface area contributed by atoms with Crippen molar-refractivity contribution in [3.63, 3.8) is 0 Å². The molecule has 0 N–H and O–H groups in total. The van der Waals surface area contributed by atoms with Crippen LogP contribution >= 0.6 is 0 Å². The summed E-state index contributed by atoms with van der Waals surface area (Å²) in [6, 6.07) is 0. The van der Waals surface area contributed by atoms with Crippen molar-refractivity contribution in [1.82, 2.24) is 0 Å². The zero-order valence-electron chi connectivity index (χ0n) is 6.61. The maximum absolute atomic E-state index is 13.0. The number of hydrogen-bond donors (Lipinski definition) is 0. The van der Waals surface area contributed by atoms with E-state index in [2.05, 4.69) is 0 Å². The van der Waals surface area contributed by atoms with E-state index in [1.54, 1.807) is 19.1 Å². The average molecular weight is 158 g/mol. The number of alkyl halides is 2. The quantitative estimate of drug-likeness (QED) is 0.591. The number of rotatable bonds is 3. The van der Waals surface area contributed by atoms with E-state index in [-0.39, 0.29) is 12.0 Å². The molecule has 0 unspecified atom stereocenters. The summed E-state index contributed by atoms with van der Waals surface area (Å²) in [5.41, 5.74) is 0.263. The Morgan fingerprint density at radius 3 is 2.73 bits per heavy atom. The first-order chi connectivity index (χ1) is 5.17. The van der Waals surface area contributed by atoms with E-state index in [0.717, 1.165) is 0 Å². The van der Waals surface area contributed by atoms with Crippen molar-refractivity contribution in [2.75, 3.05) is 0 Å². The minimum Gasteiger partial charge on any atom is -0.202 e. The largest absolute Gasteiger partial charge is 0.269 e. The molecule has 0 saturated heterocycles. The Labute approximate surface area is 65.6 Å². The van der Waals surface area contributed by atoms with Crippen molar-refractivity contribution >= 4 is 0 Å². The second-order valence-corrected chi connectivity index (χ2v) is 2.78. The SMILES string of the molecule is CCCC(F)(F)C1=CC=CC1. The molecule has 0 aromatic rings. The third-order valence-electron chi connectivity index (χ3n) is 1.81. The van der Waals surface area contributed by atoms with Crippen LogP contribution in [0.25, 0.3) is 0 Å². The van der Waals surface area contributed by atoms with E-state index in [0.29, 0.717) is 12.8 Å². The lowest BCUT2D eigenvalue weighted by Gasteiger charge is -2.16. The molecule has 0 nitrogen and oxygen atoms in total. The van der Waals surface area contributed by atoms with E-state index < -0.39 is 5.92 Å². The standard InChI is InChI=1S/C9H12F2/c1-2-7-9(10,11)8-5-3-4-6-8/h3-5H,2,6-7H2,1H3. The monoisotopic (exact) mass is 158 g/mol. The molecular formula is C9H12F2. The van der Waals surface area contributed by atoms with Gasteiger partial charge in [0, 0.05) is 12.0 Å². The third kappa shape index (κ3) is 1.88. The molecule has 0 atom stereocenters. The fourth-order valence-electron chi connectivity index (χ4n) is 1.19. The van der Waals surface area contributed by atoms with E-state index in [1.807, 2.05) is 0 Å². The molecular weight excluding hydrogens is 146 g/mol. The van der Waals surface area contributed by atoms with Crippen LogP contribution in [-0.4, -0.2) is 5.92 Å². The van der Waals surface area contributed by atoms with Gasteiger partial charge in [0.25, 0.3) is 5.92 Å². The molecule has 0 aromatic carbocycles. The molecule has 0 spiro atoms. The second-order valence-electron chi connectivity index (χ2n) is 2.78. The smallest absolute Gasteiger partial charge is 0.202 e. The fourth-order valence-corrected chi connectivity index (χ4v) is 1.19. The molecule has 62 valence electrons. The van der Waals surface area contributed by atoms with Gasteiger partial charge in [0.05, 0.1) is 0 Å². The maximum Gasteiger partial charge on any atom is 0.269 e. The first-order valence-electron chi connectivity index (χ1n) is 3.91. The van der Waals surface area contributed by atoms with E-state index in [1.165, 1.54) is 6.08 Å². The zero-order chi connectivity index (χ0) is 8.32. The van der Waals surface area contributed by atoms with Crippen LogP contribution < -0.4 is 0 Å². The van der Waals surface area contributed by atoms with Crippen LogP contribution in [0, 0.1) is 0 Å². The Bertz CT molecular complexity index is 190. The number of halogens is 2. The summed E-state index contributed by atoms with van der Waals surface area (Å²) in [7, 11) is 0. The van der Waals surface area contributed by atoms with Gasteiger partial charge in [-0.25, -0.2) is 8.78 Å². The Balaban J connectivity index is 2.57. The zero-order valence-corrected chi connectivity index (χ0v) is 6.61. The summed E-state index contributed by atoms with van der Waals surface area (Å²) >= 11 is 0. The highest BCUT2D eigenvalue weighted by Gasteiger charge is 2.32. The van der Waals surface area contributed by atoms with Crippen LogP contribution in [0.3, 0.4) is 0 Å². The molecule has 11 heavy (non-hydrogen) atoms. The number of allylic oxidation sites excluding steroid dienone is 4. The molecule has 0 saturated carbocycles. The van der Waals surface area contributed by atoms with E-state index in [9.17, 15) is 8.78 Å². The van der Waals surface area contributed by atoms with Crippen molar-refractivity contribution in [1.29, 1.82) is 0 Å². The van der Waals surface area contributed by atoms with Gasteiger partial charge < -0.3 is 0 Å². The van der Waals surface area contributed by atoms with Crippen molar-refractivity contribution in [3.8, 4) is 0 Å². The van der Waals surface area contributed by atoms with Crippen LogP contribution in [-0.2, 0) is 0 Å². The van der Waals surface area contributed by atoms with Gasteiger partial charge in [-0.05, 0) is 6.42 Å². The molecule has 0 radical (unpaired) electrons. The van der Waals surface area contributed by atoms with Crippen molar-refractivity contribution in [2.45, 2.75) is 32.1 Å². The minimum atomic E-state index is -2.57. The highest BCUT2D eigenvalue weighted by atomic mass is 19.3. The predicted octanol–water partition coefficient (Wildman–Crippen LogP) is 3.31. The highest BCUT2D eigenvalue weighted by Crippen LogP contribution is 2.33. The van der Waals surface area contributed by atoms with Crippen LogP contribution in [0.2, 0.25) is 0 Å². The van der Waals surface area contributed by atoms with Gasteiger partial charge in [0.1, 0.15) is 0 Å². The third-order valence-corrected chi connectivity index (χ3v) is 1.81. The Morgan fingerprint density at radius 2 is 2.27 bits per heavy atom. The molecule has 1 aliphatic carbocycles. The molecule has 0 aromatic heterocycles. The van der Waals surface area contributed by atoms with Gasteiger partial charge in [0.2, 0.25) is 0 Å². The van der Waals surface area contributed by atoms with Gasteiger partial charge in [-0.2, -0.15) is 0 Å². The molecule has 0 aliphatic heterocycles. The lowest BCUT2D eigenvalue weighted by Crippen LogP contribution is -2.17. The fraction of sp³-hybridized carbons (Fsp3) is 0.556. The van der Waals surface area contributed by atoms with Crippen LogP contribution in [0.5, 0.6) is 0 Å². The normalized spacial score (nSPS) is 17.2. The van der Waals surface area contributed by atoms with Crippen LogP contribution in [0.15, 0.2) is 23.8 Å². The topological polar surface area (TPSA) is 0 Å². The maximum atomic E-state index is 13.0. The van der Waals surface area contributed by atoms with Gasteiger partial charge in [0.15, 0.2) is 0 Å². The molecule has 0 fully saturated rings. The first kappa shape index (κ1) is 8.44. The summed E-state index contributed by atoms with van der Waals surface area (Å²) in [5.74, 6) is -2.57. The van der Waals surface area contributed by atoms with Crippen molar-refractivity contribution in [3.05, 3.63) is 23.8 Å². The lowest BCUT2D eigenvalue weighted by molar-refractivity contribution is 0.0301. The Kier molecular flexibility index (Phi) is 2.42. The predicted molar refractivity (Wildman–Crippen MR) is 41.7 cm³/mol. The number of hydrogen-bond acceptors (Lipinski definition) is 0. The van der Waals surface area contributed by atoms with E-state index >= 15 is 0 Å². The van der Waals surface area contributed by atoms with Gasteiger partial charge in [-0.15, -0.1) is 0 Å². The van der Waals surface area contributed by atoms with Crippen LogP contribution in [0.4, 0.5) is 8.78 Å². The summed E-state index contributed by atoms with van der Waals surface area (Å²) in [5, 5.41) is 0. The van der Waals surface area contributed by atoms with E-state index in [4.69, 9.17) is 0 Å². The molecule has 0 bridgehead atoms. The lowest BCUT2D eigenvalue weighted by atomic mass is 10.0. The van der Waals surface area contributed by atoms with Crippen LogP contribution in [0.1, 0.15) is 26.2 Å². The second kappa shape index (κ2) is 3.16. The Morgan fingerprint density at radius 1 is 1.55 bits per heavy atom. The molecule has 2 heteroatoms. The molecule has 1 rings (SSSR count). The van der Waals surface area contributed by atoms with Crippen molar-refractivity contribution in [2.24, 2.45) is 0 Å². The summed E-state index contributed by atoms with van der Waals surface area (Å²) < 4.78 is 26.0. The summed E-state index contributed by atoms with van der Waals surface area (Å²) in [6.07, 6.45) is 5.91. The first-order valence-corrected chi connectivity index (χ1v) is 3.91. The molecule has 0 amide bonds. The Hall–Kier alpha value is -0.660. The van der Waals surface area contributed by atoms with Gasteiger partial charge in [-0.3, -0.25) is 0 Å². The molecule has 0 heterocycles. The molecule has 1 aliphatic rings.